The quantitative estimate of drug-likeness (QED) is 0.307. The van der Waals surface area contributed by atoms with Crippen molar-refractivity contribution < 1.29 is 0 Å². The number of aryl methyl sites for hydroxylation is 1. The van der Waals surface area contributed by atoms with Gasteiger partial charge in [0.15, 0.2) is 0 Å². The van der Waals surface area contributed by atoms with Crippen LogP contribution in [0.25, 0.3) is 22.3 Å². The van der Waals surface area contributed by atoms with Crippen molar-refractivity contribution in [2.45, 2.75) is 18.8 Å². The van der Waals surface area contributed by atoms with Crippen molar-refractivity contribution in [1.82, 2.24) is 0 Å². The Morgan fingerprint density at radius 1 is 0.607 bits per heavy atom. The van der Waals surface area contributed by atoms with Crippen LogP contribution in [-0.2, 0) is 6.42 Å². The Kier molecular flexibility index (Phi) is 4.62. The summed E-state index contributed by atoms with van der Waals surface area (Å²) in [4.78, 5) is 0. The highest BCUT2D eigenvalue weighted by molar-refractivity contribution is 9.10. The maximum atomic E-state index is 3.52. The molecule has 0 aromatic heterocycles. The van der Waals surface area contributed by atoms with Crippen molar-refractivity contribution in [3.8, 4) is 22.3 Å². The number of hydrogen-bond donors (Lipinski definition) is 0. The minimum Gasteiger partial charge on any atom is -0.0620 e. The molecule has 0 nitrogen and oxygen atoms in total. The second-order valence-electron chi connectivity index (χ2n) is 7.46. The lowest BCUT2D eigenvalue weighted by Gasteiger charge is -2.19. The standard InChI is InChI=1S/C27H21Br/c28-23-16-13-20(14-17-23)19-9-11-22(12-10-19)25-18-15-21-5-1-2-6-24(21)26-7-3-4-8-27(25)26/h1-14,16-17,25H,15,18H2. The van der Waals surface area contributed by atoms with Gasteiger partial charge in [0.2, 0.25) is 0 Å². The molecule has 28 heavy (non-hydrogen) atoms. The van der Waals surface area contributed by atoms with E-state index in [2.05, 4.69) is 113 Å². The molecule has 0 N–H and O–H groups in total. The third-order valence-electron chi connectivity index (χ3n) is 5.84. The van der Waals surface area contributed by atoms with Gasteiger partial charge in [0, 0.05) is 10.4 Å². The third kappa shape index (κ3) is 3.21. The number of benzene rings is 4. The Morgan fingerprint density at radius 2 is 1.21 bits per heavy atom. The van der Waals surface area contributed by atoms with Crippen LogP contribution in [0, 0.1) is 0 Å². The lowest BCUT2D eigenvalue weighted by molar-refractivity contribution is 0.726. The summed E-state index contributed by atoms with van der Waals surface area (Å²) in [5.41, 5.74) is 9.61. The van der Waals surface area contributed by atoms with Crippen molar-refractivity contribution in [2.75, 3.05) is 0 Å². The van der Waals surface area contributed by atoms with E-state index in [0.29, 0.717) is 5.92 Å². The molecule has 0 aliphatic heterocycles. The average molecular weight is 425 g/mol. The lowest BCUT2D eigenvalue weighted by atomic mass is 9.85. The topological polar surface area (TPSA) is 0 Å². The predicted octanol–water partition coefficient (Wildman–Crippen LogP) is 7.86. The fraction of sp³-hybridized carbons (Fsp3) is 0.111. The largest absolute Gasteiger partial charge is 0.0620 e. The number of rotatable bonds is 2. The van der Waals surface area contributed by atoms with Crippen LogP contribution in [0.2, 0.25) is 0 Å². The van der Waals surface area contributed by atoms with E-state index in [-0.39, 0.29) is 0 Å². The van der Waals surface area contributed by atoms with Crippen LogP contribution in [0.15, 0.2) is 102 Å². The normalized spacial score (nSPS) is 15.4. The monoisotopic (exact) mass is 424 g/mol. The van der Waals surface area contributed by atoms with Gasteiger partial charge in [-0.3, -0.25) is 0 Å². The Bertz CT molecular complexity index is 1110. The number of fused-ring (bicyclic) bond motifs is 3. The number of halogens is 1. The molecule has 1 aliphatic carbocycles. The third-order valence-corrected chi connectivity index (χ3v) is 6.37. The molecule has 5 rings (SSSR count). The van der Waals surface area contributed by atoms with Crippen LogP contribution in [0.4, 0.5) is 0 Å². The maximum absolute atomic E-state index is 3.52. The van der Waals surface area contributed by atoms with Gasteiger partial charge in [0.25, 0.3) is 0 Å². The van der Waals surface area contributed by atoms with Gasteiger partial charge in [0.1, 0.15) is 0 Å². The molecule has 4 aromatic carbocycles. The fourth-order valence-corrected chi connectivity index (χ4v) is 4.66. The summed E-state index contributed by atoms with van der Waals surface area (Å²) in [6.45, 7) is 0. The SMILES string of the molecule is Brc1ccc(-c2ccc(C3CCc4ccccc4-c4ccccc43)cc2)cc1. The molecule has 0 saturated carbocycles. The first-order chi connectivity index (χ1) is 13.8. The van der Waals surface area contributed by atoms with Crippen LogP contribution in [-0.4, -0.2) is 0 Å². The van der Waals surface area contributed by atoms with Gasteiger partial charge in [-0.2, -0.15) is 0 Å². The van der Waals surface area contributed by atoms with Crippen molar-refractivity contribution in [1.29, 1.82) is 0 Å². The van der Waals surface area contributed by atoms with Gasteiger partial charge >= 0.3 is 0 Å². The smallest absolute Gasteiger partial charge is 0.0175 e. The van der Waals surface area contributed by atoms with E-state index in [1.807, 2.05) is 0 Å². The van der Waals surface area contributed by atoms with Gasteiger partial charge in [-0.25, -0.2) is 0 Å². The summed E-state index contributed by atoms with van der Waals surface area (Å²) in [5, 5.41) is 0. The summed E-state index contributed by atoms with van der Waals surface area (Å²) in [6.07, 6.45) is 2.26. The molecule has 0 bridgehead atoms. The van der Waals surface area contributed by atoms with Crippen molar-refractivity contribution in [3.05, 3.63) is 118 Å². The zero-order valence-electron chi connectivity index (χ0n) is 15.6. The average Bonchev–Trinajstić information content (AvgIpc) is 2.92. The van der Waals surface area contributed by atoms with Gasteiger partial charge in [-0.1, -0.05) is 101 Å². The molecule has 0 spiro atoms. The Hall–Kier alpha value is -2.64. The predicted molar refractivity (Wildman–Crippen MR) is 122 cm³/mol. The van der Waals surface area contributed by atoms with Gasteiger partial charge < -0.3 is 0 Å². The first-order valence-electron chi connectivity index (χ1n) is 9.83. The molecule has 0 amide bonds. The Labute approximate surface area is 175 Å². The molecule has 1 unspecified atom stereocenters. The van der Waals surface area contributed by atoms with Crippen LogP contribution in [0.3, 0.4) is 0 Å². The first kappa shape index (κ1) is 17.5. The van der Waals surface area contributed by atoms with Crippen molar-refractivity contribution in [3.63, 3.8) is 0 Å². The molecule has 136 valence electrons. The van der Waals surface area contributed by atoms with E-state index in [1.165, 1.54) is 38.9 Å². The summed E-state index contributed by atoms with van der Waals surface area (Å²) in [5.74, 6) is 0.433. The molecule has 1 atom stereocenters. The second-order valence-corrected chi connectivity index (χ2v) is 8.38. The van der Waals surface area contributed by atoms with E-state index < -0.39 is 0 Å². The minimum atomic E-state index is 0.433. The van der Waals surface area contributed by atoms with E-state index in [4.69, 9.17) is 0 Å². The minimum absolute atomic E-state index is 0.433. The molecule has 4 aromatic rings. The van der Waals surface area contributed by atoms with E-state index in [1.54, 1.807) is 0 Å². The number of hydrogen-bond acceptors (Lipinski definition) is 0. The van der Waals surface area contributed by atoms with Crippen LogP contribution in [0.5, 0.6) is 0 Å². The van der Waals surface area contributed by atoms with Gasteiger partial charge in [-0.05, 0) is 63.9 Å². The Balaban J connectivity index is 1.54. The maximum Gasteiger partial charge on any atom is 0.0175 e. The van der Waals surface area contributed by atoms with Crippen molar-refractivity contribution in [2.24, 2.45) is 0 Å². The highest BCUT2D eigenvalue weighted by Gasteiger charge is 2.23. The highest BCUT2D eigenvalue weighted by atomic mass is 79.9. The summed E-state index contributed by atoms with van der Waals surface area (Å²) in [6, 6.07) is 35.5. The molecule has 0 fully saturated rings. The molecule has 1 aliphatic rings. The van der Waals surface area contributed by atoms with Crippen LogP contribution >= 0.6 is 15.9 Å². The first-order valence-corrected chi connectivity index (χ1v) is 10.6. The van der Waals surface area contributed by atoms with Crippen molar-refractivity contribution >= 4 is 15.9 Å². The van der Waals surface area contributed by atoms with Gasteiger partial charge in [-0.15, -0.1) is 0 Å². The Morgan fingerprint density at radius 3 is 1.96 bits per heavy atom. The molecule has 0 saturated heterocycles. The fourth-order valence-electron chi connectivity index (χ4n) is 4.40. The zero-order chi connectivity index (χ0) is 18.9. The van der Waals surface area contributed by atoms with E-state index in [0.717, 1.165) is 17.3 Å². The second kappa shape index (κ2) is 7.41. The molecule has 1 heteroatoms. The zero-order valence-corrected chi connectivity index (χ0v) is 17.2. The summed E-state index contributed by atoms with van der Waals surface area (Å²) < 4.78 is 1.11. The van der Waals surface area contributed by atoms with Crippen LogP contribution in [0.1, 0.15) is 29.0 Å². The van der Waals surface area contributed by atoms with E-state index in [9.17, 15) is 0 Å². The van der Waals surface area contributed by atoms with Crippen LogP contribution < -0.4 is 0 Å². The molecule has 0 heterocycles. The molecule has 0 radical (unpaired) electrons. The summed E-state index contributed by atoms with van der Waals surface area (Å²) >= 11 is 3.52. The highest BCUT2D eigenvalue weighted by Crippen LogP contribution is 2.41. The van der Waals surface area contributed by atoms with E-state index >= 15 is 0 Å². The lowest BCUT2D eigenvalue weighted by Crippen LogP contribution is -2.02. The molecular formula is C27H21Br. The molecular weight excluding hydrogens is 404 g/mol. The summed E-state index contributed by atoms with van der Waals surface area (Å²) in [7, 11) is 0. The van der Waals surface area contributed by atoms with Gasteiger partial charge in [0.05, 0.1) is 0 Å².